The molecule has 8 heteroatoms. The Balaban J connectivity index is 0.000000405. The van der Waals surface area contributed by atoms with Crippen LogP contribution in [0.1, 0.15) is 0 Å². The van der Waals surface area contributed by atoms with E-state index >= 15 is 0 Å². The molecule has 0 radical (unpaired) electrons. The van der Waals surface area contributed by atoms with Gasteiger partial charge in [0.1, 0.15) is 11.6 Å². The number of aromatic nitrogens is 2. The smallest absolute Gasteiger partial charge is 0.490 e. The lowest BCUT2D eigenvalue weighted by molar-refractivity contribution is -0.192. The van der Waals surface area contributed by atoms with E-state index in [2.05, 4.69) is 41.0 Å². The van der Waals surface area contributed by atoms with E-state index in [-0.39, 0.29) is 5.75 Å². The third-order valence-corrected chi connectivity index (χ3v) is 5.35. The second kappa shape index (κ2) is 10.8. The van der Waals surface area contributed by atoms with Crippen LogP contribution in [-0.2, 0) is 4.79 Å². The van der Waals surface area contributed by atoms with Gasteiger partial charge in [0, 0.05) is 22.4 Å². The molecule has 0 saturated heterocycles. The minimum Gasteiger partial charge on any atom is -0.508 e. The maximum absolute atomic E-state index is 10.6. The second-order valence-electron chi connectivity index (χ2n) is 7.89. The maximum Gasteiger partial charge on any atom is 0.490 e. The quantitative estimate of drug-likeness (QED) is 0.272. The molecule has 0 aliphatic rings. The molecule has 0 saturated carbocycles. The van der Waals surface area contributed by atoms with Crippen LogP contribution in [0.2, 0.25) is 0 Å². The summed E-state index contributed by atoms with van der Waals surface area (Å²) in [5.74, 6) is -1.69. The van der Waals surface area contributed by atoms with Crippen LogP contribution >= 0.6 is 0 Å². The third-order valence-electron chi connectivity index (χ3n) is 5.35. The van der Waals surface area contributed by atoms with Crippen LogP contribution in [0.25, 0.3) is 39.6 Å². The zero-order chi connectivity index (χ0) is 26.4. The summed E-state index contributed by atoms with van der Waals surface area (Å²) >= 11 is 0. The first kappa shape index (κ1) is 25.2. The van der Waals surface area contributed by atoms with Crippen LogP contribution < -0.4 is 0 Å². The summed E-state index contributed by atoms with van der Waals surface area (Å²) in [7, 11) is 0. The number of imidazole rings is 1. The molecule has 186 valence electrons. The Labute approximate surface area is 210 Å². The molecule has 5 aromatic rings. The molecule has 0 fully saturated rings. The summed E-state index contributed by atoms with van der Waals surface area (Å²) in [6.45, 7) is 0. The lowest BCUT2D eigenvalue weighted by Gasteiger charge is -2.13. The number of benzene rings is 4. The van der Waals surface area contributed by atoms with Crippen LogP contribution in [0.5, 0.6) is 5.75 Å². The number of rotatable bonds is 4. The Hall–Kier alpha value is -4.85. The maximum atomic E-state index is 10.6. The molecule has 5 rings (SSSR count). The van der Waals surface area contributed by atoms with Crippen molar-refractivity contribution in [1.82, 2.24) is 9.55 Å². The number of hydrogen-bond donors (Lipinski definition) is 2. The van der Waals surface area contributed by atoms with Gasteiger partial charge in [-0.15, -0.1) is 0 Å². The van der Waals surface area contributed by atoms with E-state index in [1.165, 1.54) is 0 Å². The fraction of sp³-hybridized carbons (Fsp3) is 0.0345. The van der Waals surface area contributed by atoms with Crippen LogP contribution in [0.15, 0.2) is 115 Å². The van der Waals surface area contributed by atoms with Crippen molar-refractivity contribution < 1.29 is 28.2 Å². The SMILES string of the molecule is O=C(O)C(F)(F)F.Oc1ccc(-c2nc(-c3ccccc3)c(-c3ccccc3)n2-c2ccccc2)cc1. The number of halogens is 3. The lowest BCUT2D eigenvalue weighted by Crippen LogP contribution is -2.21. The van der Waals surface area contributed by atoms with E-state index in [9.17, 15) is 18.3 Å². The van der Waals surface area contributed by atoms with Crippen molar-refractivity contribution in [2.45, 2.75) is 6.18 Å². The lowest BCUT2D eigenvalue weighted by atomic mass is 10.0. The van der Waals surface area contributed by atoms with E-state index in [1.54, 1.807) is 12.1 Å². The fourth-order valence-electron chi connectivity index (χ4n) is 3.71. The van der Waals surface area contributed by atoms with Gasteiger partial charge >= 0.3 is 12.1 Å². The van der Waals surface area contributed by atoms with Crippen molar-refractivity contribution in [1.29, 1.82) is 0 Å². The highest BCUT2D eigenvalue weighted by Crippen LogP contribution is 2.38. The van der Waals surface area contributed by atoms with E-state index in [4.69, 9.17) is 14.9 Å². The van der Waals surface area contributed by atoms with Gasteiger partial charge in [0.2, 0.25) is 0 Å². The minimum absolute atomic E-state index is 0.239. The van der Waals surface area contributed by atoms with Crippen molar-refractivity contribution in [2.75, 3.05) is 0 Å². The first-order valence-electron chi connectivity index (χ1n) is 11.1. The third kappa shape index (κ3) is 5.87. The molecule has 0 spiro atoms. The van der Waals surface area contributed by atoms with E-state index < -0.39 is 12.1 Å². The Morgan fingerprint density at radius 3 is 1.62 bits per heavy atom. The summed E-state index contributed by atoms with van der Waals surface area (Å²) in [6.07, 6.45) is -5.08. The normalized spacial score (nSPS) is 10.9. The van der Waals surface area contributed by atoms with Crippen LogP contribution in [0.4, 0.5) is 13.2 Å². The zero-order valence-corrected chi connectivity index (χ0v) is 19.3. The van der Waals surface area contributed by atoms with Crippen molar-refractivity contribution in [3.63, 3.8) is 0 Å². The summed E-state index contributed by atoms with van der Waals surface area (Å²) in [5.41, 5.74) is 6.10. The first-order chi connectivity index (χ1) is 17.8. The summed E-state index contributed by atoms with van der Waals surface area (Å²) in [5, 5.41) is 16.9. The average Bonchev–Trinajstić information content (AvgIpc) is 3.31. The van der Waals surface area contributed by atoms with E-state index in [0.29, 0.717) is 0 Å². The van der Waals surface area contributed by atoms with Gasteiger partial charge < -0.3 is 10.2 Å². The van der Waals surface area contributed by atoms with E-state index in [1.807, 2.05) is 66.7 Å². The Kier molecular flexibility index (Phi) is 7.39. The van der Waals surface area contributed by atoms with Crippen molar-refractivity contribution in [3.05, 3.63) is 115 Å². The monoisotopic (exact) mass is 502 g/mol. The van der Waals surface area contributed by atoms with Gasteiger partial charge in [0.05, 0.1) is 11.4 Å². The first-order valence-corrected chi connectivity index (χ1v) is 11.1. The molecule has 5 nitrogen and oxygen atoms in total. The highest BCUT2D eigenvalue weighted by atomic mass is 19.4. The fourth-order valence-corrected chi connectivity index (χ4v) is 3.71. The number of alkyl halides is 3. The molecular formula is C29H21F3N2O3. The minimum atomic E-state index is -5.08. The molecule has 1 heterocycles. The van der Waals surface area contributed by atoms with Crippen LogP contribution in [0.3, 0.4) is 0 Å². The number of phenols is 1. The molecule has 2 N–H and O–H groups in total. The number of aliphatic carboxylic acids is 1. The average molecular weight is 502 g/mol. The number of aromatic hydroxyl groups is 1. The number of hydrogen-bond acceptors (Lipinski definition) is 3. The predicted octanol–water partition coefficient (Wildman–Crippen LogP) is 7.21. The van der Waals surface area contributed by atoms with Crippen molar-refractivity contribution in [2.24, 2.45) is 0 Å². The molecule has 0 aliphatic carbocycles. The van der Waals surface area contributed by atoms with Gasteiger partial charge in [-0.05, 0) is 36.4 Å². The predicted molar refractivity (Wildman–Crippen MR) is 135 cm³/mol. The number of carboxylic acid groups (broad SMARTS) is 1. The summed E-state index contributed by atoms with van der Waals surface area (Å²) < 4.78 is 33.9. The van der Waals surface area contributed by atoms with Crippen molar-refractivity contribution in [3.8, 4) is 45.3 Å². The van der Waals surface area contributed by atoms with Gasteiger partial charge in [-0.3, -0.25) is 4.57 Å². The largest absolute Gasteiger partial charge is 0.508 e. The number of para-hydroxylation sites is 1. The molecule has 0 amide bonds. The second-order valence-corrected chi connectivity index (χ2v) is 7.89. The molecule has 0 aliphatic heterocycles. The molecule has 0 unspecified atom stereocenters. The molecule has 37 heavy (non-hydrogen) atoms. The highest BCUT2D eigenvalue weighted by Gasteiger charge is 2.38. The molecule has 1 aromatic heterocycles. The van der Waals surface area contributed by atoms with Crippen LogP contribution in [-0.4, -0.2) is 31.9 Å². The number of carbonyl (C=O) groups is 1. The van der Waals surface area contributed by atoms with E-state index in [0.717, 1.165) is 39.6 Å². The highest BCUT2D eigenvalue weighted by molar-refractivity contribution is 5.84. The molecule has 4 aromatic carbocycles. The Bertz CT molecular complexity index is 1470. The summed E-state index contributed by atoms with van der Waals surface area (Å²) in [6, 6.07) is 38.1. The summed E-state index contributed by atoms with van der Waals surface area (Å²) in [4.78, 5) is 14.0. The van der Waals surface area contributed by atoms with Crippen LogP contribution in [0, 0.1) is 0 Å². The number of phenolic OH excluding ortho intramolecular Hbond substituents is 1. The van der Waals surface area contributed by atoms with Gasteiger partial charge in [-0.2, -0.15) is 13.2 Å². The van der Waals surface area contributed by atoms with Gasteiger partial charge in [0.25, 0.3) is 0 Å². The standard InChI is InChI=1S/C27H20N2O.C2HF3O2/c30-24-18-16-22(17-19-24)27-28-25(20-10-4-1-5-11-20)26(21-12-6-2-7-13-21)29(27)23-14-8-3-9-15-23;3-2(4,5)1(6)7/h1-19,30H;(H,6,7). The molecule has 0 atom stereocenters. The van der Waals surface area contributed by atoms with Gasteiger partial charge in [-0.1, -0.05) is 78.9 Å². The van der Waals surface area contributed by atoms with Crippen molar-refractivity contribution >= 4 is 5.97 Å². The Morgan fingerprint density at radius 1 is 0.676 bits per heavy atom. The Morgan fingerprint density at radius 2 is 1.14 bits per heavy atom. The topological polar surface area (TPSA) is 75.3 Å². The zero-order valence-electron chi connectivity index (χ0n) is 19.3. The van der Waals surface area contributed by atoms with Gasteiger partial charge in [-0.25, -0.2) is 9.78 Å². The number of nitrogens with zero attached hydrogens (tertiary/aromatic N) is 2. The number of carboxylic acids is 1. The molecular weight excluding hydrogens is 481 g/mol. The van der Waals surface area contributed by atoms with Gasteiger partial charge in [0.15, 0.2) is 0 Å². The molecule has 0 bridgehead atoms.